The molecular formula is C19H22O3. The van der Waals surface area contributed by atoms with Crippen LogP contribution in [0, 0.1) is 0 Å². The fourth-order valence-corrected chi connectivity index (χ4v) is 2.82. The monoisotopic (exact) mass is 298 g/mol. The molecule has 22 heavy (non-hydrogen) atoms. The lowest BCUT2D eigenvalue weighted by Crippen LogP contribution is -2.30. The average molecular weight is 298 g/mol. The van der Waals surface area contributed by atoms with Gasteiger partial charge in [-0.2, -0.15) is 0 Å². The lowest BCUT2D eigenvalue weighted by molar-refractivity contribution is -0.150. The Morgan fingerprint density at radius 2 is 2.00 bits per heavy atom. The van der Waals surface area contributed by atoms with Crippen molar-refractivity contribution in [2.24, 2.45) is 0 Å². The van der Waals surface area contributed by atoms with Gasteiger partial charge >= 0.3 is 0 Å². The van der Waals surface area contributed by atoms with Crippen LogP contribution in [-0.2, 0) is 9.47 Å². The van der Waals surface area contributed by atoms with Gasteiger partial charge in [-0.15, -0.1) is 0 Å². The summed E-state index contributed by atoms with van der Waals surface area (Å²) in [5.41, 5.74) is 1.96. The average Bonchev–Trinajstić information content (AvgIpc) is 2.87. The Kier molecular flexibility index (Phi) is 4.04. The molecular weight excluding hydrogens is 276 g/mol. The highest BCUT2D eigenvalue weighted by Gasteiger charge is 2.36. The normalized spacial score (nSPS) is 21.9. The van der Waals surface area contributed by atoms with Crippen molar-refractivity contribution in [1.29, 1.82) is 0 Å². The highest BCUT2D eigenvalue weighted by molar-refractivity contribution is 5.86. The molecule has 2 aromatic carbocycles. The summed E-state index contributed by atoms with van der Waals surface area (Å²) in [5, 5.41) is 12.7. The number of ether oxygens (including phenoxy) is 2. The molecule has 3 nitrogen and oxygen atoms in total. The molecule has 0 saturated carbocycles. The first kappa shape index (κ1) is 15.2. The van der Waals surface area contributed by atoms with Crippen LogP contribution in [0.5, 0.6) is 0 Å². The minimum atomic E-state index is -0.615. The standard InChI is InChI=1S/C19H22O3/c1-13(10-17(20)18-12-21-19(2,3)22-18)15-9-8-14-6-4-5-7-16(14)11-15/h4-9,11,17-18,20H,1,10,12H2,2-3H3/t17-,18+/m0/s1. The summed E-state index contributed by atoms with van der Waals surface area (Å²) in [6.45, 7) is 8.26. The molecule has 1 fully saturated rings. The summed E-state index contributed by atoms with van der Waals surface area (Å²) in [6, 6.07) is 14.5. The zero-order valence-corrected chi connectivity index (χ0v) is 13.1. The second kappa shape index (κ2) is 5.84. The van der Waals surface area contributed by atoms with Crippen molar-refractivity contribution < 1.29 is 14.6 Å². The molecule has 116 valence electrons. The topological polar surface area (TPSA) is 38.7 Å². The van der Waals surface area contributed by atoms with E-state index in [2.05, 4.69) is 30.8 Å². The van der Waals surface area contributed by atoms with Crippen LogP contribution in [-0.4, -0.2) is 29.7 Å². The first-order valence-electron chi connectivity index (χ1n) is 7.61. The zero-order valence-electron chi connectivity index (χ0n) is 13.1. The third kappa shape index (κ3) is 3.22. The van der Waals surface area contributed by atoms with E-state index >= 15 is 0 Å². The van der Waals surface area contributed by atoms with Gasteiger partial charge in [0.1, 0.15) is 6.10 Å². The lowest BCUT2D eigenvalue weighted by atomic mass is 9.97. The third-order valence-corrected chi connectivity index (χ3v) is 4.07. The second-order valence-electron chi connectivity index (χ2n) is 6.30. The van der Waals surface area contributed by atoms with Gasteiger partial charge in [0.05, 0.1) is 12.7 Å². The Labute approximate surface area is 131 Å². The molecule has 3 rings (SSSR count). The fourth-order valence-electron chi connectivity index (χ4n) is 2.82. The van der Waals surface area contributed by atoms with E-state index in [1.54, 1.807) is 0 Å². The number of aliphatic hydroxyl groups excluding tert-OH is 1. The number of hydrogen-bond donors (Lipinski definition) is 1. The molecule has 0 unspecified atom stereocenters. The summed E-state index contributed by atoms with van der Waals surface area (Å²) in [5.74, 6) is -0.615. The van der Waals surface area contributed by atoms with Crippen molar-refractivity contribution in [3.8, 4) is 0 Å². The Bertz CT molecular complexity index is 690. The Hall–Kier alpha value is -1.68. The molecule has 1 aliphatic rings. The van der Waals surface area contributed by atoms with Gasteiger partial charge in [-0.1, -0.05) is 43.0 Å². The van der Waals surface area contributed by atoms with Gasteiger partial charge in [-0.05, 0) is 41.8 Å². The largest absolute Gasteiger partial charge is 0.390 e. The van der Waals surface area contributed by atoms with Crippen LogP contribution in [0.1, 0.15) is 25.8 Å². The van der Waals surface area contributed by atoms with Crippen LogP contribution >= 0.6 is 0 Å². The molecule has 0 spiro atoms. The van der Waals surface area contributed by atoms with Crippen LogP contribution < -0.4 is 0 Å². The molecule has 1 saturated heterocycles. The molecule has 1 heterocycles. The zero-order chi connectivity index (χ0) is 15.7. The number of fused-ring (bicyclic) bond motifs is 1. The molecule has 2 aromatic rings. The van der Waals surface area contributed by atoms with Crippen molar-refractivity contribution in [3.63, 3.8) is 0 Å². The molecule has 2 atom stereocenters. The van der Waals surface area contributed by atoms with Gasteiger partial charge in [0, 0.05) is 6.42 Å². The van der Waals surface area contributed by atoms with Gasteiger partial charge in [0.15, 0.2) is 5.79 Å². The number of benzene rings is 2. The highest BCUT2D eigenvalue weighted by atomic mass is 16.7. The molecule has 0 aromatic heterocycles. The van der Waals surface area contributed by atoms with Crippen LogP contribution in [0.15, 0.2) is 49.0 Å². The summed E-state index contributed by atoms with van der Waals surface area (Å²) >= 11 is 0. The lowest BCUT2D eigenvalue weighted by Gasteiger charge is -2.21. The molecule has 0 radical (unpaired) electrons. The van der Waals surface area contributed by atoms with Crippen LogP contribution in [0.4, 0.5) is 0 Å². The summed E-state index contributed by atoms with van der Waals surface area (Å²) in [4.78, 5) is 0. The maximum Gasteiger partial charge on any atom is 0.163 e. The van der Waals surface area contributed by atoms with Crippen LogP contribution in [0.25, 0.3) is 16.3 Å². The van der Waals surface area contributed by atoms with Crippen molar-refractivity contribution in [1.82, 2.24) is 0 Å². The van der Waals surface area contributed by atoms with Gasteiger partial charge in [-0.25, -0.2) is 0 Å². The first-order valence-corrected chi connectivity index (χ1v) is 7.61. The van der Waals surface area contributed by atoms with E-state index in [9.17, 15) is 5.11 Å². The molecule has 0 aliphatic carbocycles. The minimum absolute atomic E-state index is 0.299. The SMILES string of the molecule is C=C(C[C@H](O)[C@H]1COC(C)(C)O1)c1ccc2ccccc2c1. The van der Waals surface area contributed by atoms with Crippen molar-refractivity contribution in [2.45, 2.75) is 38.3 Å². The third-order valence-electron chi connectivity index (χ3n) is 4.07. The van der Waals surface area contributed by atoms with Crippen molar-refractivity contribution in [2.75, 3.05) is 6.61 Å². The van der Waals surface area contributed by atoms with E-state index in [0.717, 1.165) is 11.1 Å². The van der Waals surface area contributed by atoms with Gasteiger partial charge in [-0.3, -0.25) is 0 Å². The molecule has 0 bridgehead atoms. The Morgan fingerprint density at radius 3 is 2.68 bits per heavy atom. The van der Waals surface area contributed by atoms with E-state index in [-0.39, 0.29) is 6.10 Å². The van der Waals surface area contributed by atoms with E-state index in [0.29, 0.717) is 13.0 Å². The van der Waals surface area contributed by atoms with E-state index < -0.39 is 11.9 Å². The quantitative estimate of drug-likeness (QED) is 0.934. The van der Waals surface area contributed by atoms with Gasteiger partial charge in [0.2, 0.25) is 0 Å². The second-order valence-corrected chi connectivity index (χ2v) is 6.30. The summed E-state index contributed by atoms with van der Waals surface area (Å²) in [7, 11) is 0. The maximum absolute atomic E-state index is 10.4. The van der Waals surface area contributed by atoms with Crippen LogP contribution in [0.3, 0.4) is 0 Å². The number of aliphatic hydroxyl groups is 1. The minimum Gasteiger partial charge on any atom is -0.390 e. The Balaban J connectivity index is 1.70. The maximum atomic E-state index is 10.4. The van der Waals surface area contributed by atoms with E-state index in [1.807, 2.05) is 32.0 Å². The fraction of sp³-hybridized carbons (Fsp3) is 0.368. The predicted molar refractivity (Wildman–Crippen MR) is 88.5 cm³/mol. The predicted octanol–water partition coefficient (Wildman–Crippen LogP) is 3.76. The van der Waals surface area contributed by atoms with Crippen molar-refractivity contribution in [3.05, 3.63) is 54.6 Å². The van der Waals surface area contributed by atoms with Crippen molar-refractivity contribution >= 4 is 16.3 Å². The smallest absolute Gasteiger partial charge is 0.163 e. The Morgan fingerprint density at radius 1 is 1.27 bits per heavy atom. The van der Waals surface area contributed by atoms with Gasteiger partial charge in [0.25, 0.3) is 0 Å². The van der Waals surface area contributed by atoms with Crippen LogP contribution in [0.2, 0.25) is 0 Å². The van der Waals surface area contributed by atoms with E-state index in [1.165, 1.54) is 10.8 Å². The number of hydrogen-bond acceptors (Lipinski definition) is 3. The molecule has 1 N–H and O–H groups in total. The van der Waals surface area contributed by atoms with Gasteiger partial charge < -0.3 is 14.6 Å². The molecule has 0 amide bonds. The molecule has 1 aliphatic heterocycles. The molecule has 3 heteroatoms. The number of rotatable bonds is 4. The highest BCUT2D eigenvalue weighted by Crippen LogP contribution is 2.29. The summed E-state index contributed by atoms with van der Waals surface area (Å²) < 4.78 is 11.2. The summed E-state index contributed by atoms with van der Waals surface area (Å²) in [6.07, 6.45) is -0.435. The first-order chi connectivity index (χ1) is 10.4. The van der Waals surface area contributed by atoms with E-state index in [4.69, 9.17) is 9.47 Å².